The van der Waals surface area contributed by atoms with Gasteiger partial charge in [-0.05, 0) is 44.6 Å². The van der Waals surface area contributed by atoms with Crippen LogP contribution in [0.15, 0.2) is 48.9 Å². The van der Waals surface area contributed by atoms with Crippen molar-refractivity contribution in [1.82, 2.24) is 24.8 Å². The van der Waals surface area contributed by atoms with Crippen LogP contribution >= 0.6 is 0 Å². The zero-order chi connectivity index (χ0) is 21.9. The van der Waals surface area contributed by atoms with Gasteiger partial charge in [-0.2, -0.15) is 0 Å². The molecule has 5 rings (SSSR count). The number of carbonyl (C=O) groups excluding carboxylic acids is 1. The largest absolute Gasteiger partial charge is 0.356 e. The first-order valence-corrected chi connectivity index (χ1v) is 11.4. The molecule has 2 aliphatic rings. The first-order valence-electron chi connectivity index (χ1n) is 11.4. The van der Waals surface area contributed by atoms with Crippen LogP contribution in [-0.4, -0.2) is 50.4 Å². The maximum atomic E-state index is 13.1. The molecule has 0 aliphatic carbocycles. The summed E-state index contributed by atoms with van der Waals surface area (Å²) in [5.74, 6) is 1.71. The van der Waals surface area contributed by atoms with Crippen molar-refractivity contribution in [2.24, 2.45) is 0 Å². The Morgan fingerprint density at radius 3 is 2.78 bits per heavy atom. The molecule has 0 spiro atoms. The number of likely N-dealkylation sites (tertiary alicyclic amines) is 1. The van der Waals surface area contributed by atoms with Gasteiger partial charge in [0.05, 0.1) is 12.2 Å². The average molecular weight is 429 g/mol. The van der Waals surface area contributed by atoms with Crippen molar-refractivity contribution in [2.45, 2.75) is 45.1 Å². The van der Waals surface area contributed by atoms with E-state index in [1.54, 1.807) is 12.4 Å². The van der Waals surface area contributed by atoms with E-state index >= 15 is 0 Å². The van der Waals surface area contributed by atoms with E-state index in [0.29, 0.717) is 12.2 Å². The summed E-state index contributed by atoms with van der Waals surface area (Å²) in [6.07, 6.45) is 9.59. The van der Waals surface area contributed by atoms with Crippen molar-refractivity contribution in [3.63, 3.8) is 0 Å². The van der Waals surface area contributed by atoms with Crippen molar-refractivity contribution in [2.75, 3.05) is 24.5 Å². The van der Waals surface area contributed by atoms with Gasteiger partial charge in [-0.15, -0.1) is 0 Å². The summed E-state index contributed by atoms with van der Waals surface area (Å²) in [5, 5.41) is 0. The van der Waals surface area contributed by atoms with E-state index in [0.717, 1.165) is 62.5 Å². The Bertz CT molecular complexity index is 1090. The molecule has 7 heteroatoms. The number of rotatable bonds is 5. The topological polar surface area (TPSA) is 75.1 Å². The van der Waals surface area contributed by atoms with E-state index in [4.69, 9.17) is 9.97 Å². The van der Waals surface area contributed by atoms with Gasteiger partial charge in [-0.25, -0.2) is 15.0 Å². The summed E-state index contributed by atoms with van der Waals surface area (Å²) in [6.45, 7) is 4.70. The molecule has 2 aliphatic heterocycles. The highest BCUT2D eigenvalue weighted by atomic mass is 16.2. The summed E-state index contributed by atoms with van der Waals surface area (Å²) in [4.78, 5) is 35.5. The number of hydrogen-bond acceptors (Lipinski definition) is 6. The van der Waals surface area contributed by atoms with Crippen LogP contribution in [0.5, 0.6) is 0 Å². The Morgan fingerprint density at radius 1 is 1.09 bits per heavy atom. The van der Waals surface area contributed by atoms with Gasteiger partial charge >= 0.3 is 0 Å². The normalized spacial score (nSPS) is 18.0. The van der Waals surface area contributed by atoms with Gasteiger partial charge in [-0.1, -0.05) is 30.3 Å². The first-order chi connectivity index (χ1) is 15.7. The zero-order valence-corrected chi connectivity index (χ0v) is 18.4. The number of hydrogen-bond donors (Lipinski definition) is 0. The van der Waals surface area contributed by atoms with Crippen LogP contribution in [0.3, 0.4) is 0 Å². The van der Waals surface area contributed by atoms with Crippen molar-refractivity contribution < 1.29 is 4.79 Å². The molecule has 3 aromatic rings. The van der Waals surface area contributed by atoms with Crippen molar-refractivity contribution in [3.8, 4) is 0 Å². The van der Waals surface area contributed by atoms with Crippen molar-refractivity contribution >= 4 is 11.7 Å². The lowest BCUT2D eigenvalue weighted by Crippen LogP contribution is -2.35. The Labute approximate surface area is 188 Å². The molecule has 4 heterocycles. The van der Waals surface area contributed by atoms with E-state index in [2.05, 4.69) is 52.1 Å². The number of aryl methyl sites for hydroxylation is 1. The maximum Gasteiger partial charge on any atom is 0.274 e. The van der Waals surface area contributed by atoms with Crippen LogP contribution in [0, 0.1) is 6.92 Å². The highest BCUT2D eigenvalue weighted by Crippen LogP contribution is 2.34. The Balaban J connectivity index is 1.41. The van der Waals surface area contributed by atoms with Gasteiger partial charge in [0, 0.05) is 43.3 Å². The minimum absolute atomic E-state index is 0.0968. The number of benzene rings is 1. The van der Waals surface area contributed by atoms with Crippen LogP contribution in [0.1, 0.15) is 58.4 Å². The van der Waals surface area contributed by atoms with Crippen molar-refractivity contribution in [1.29, 1.82) is 0 Å². The van der Waals surface area contributed by atoms with Gasteiger partial charge in [0.25, 0.3) is 5.91 Å². The monoisotopic (exact) mass is 428 g/mol. The molecule has 2 aromatic heterocycles. The van der Waals surface area contributed by atoms with Crippen LogP contribution in [0.25, 0.3) is 0 Å². The second-order valence-corrected chi connectivity index (χ2v) is 8.54. The second-order valence-electron chi connectivity index (χ2n) is 8.54. The van der Waals surface area contributed by atoms with Crippen LogP contribution < -0.4 is 4.90 Å². The predicted molar refractivity (Wildman–Crippen MR) is 122 cm³/mol. The molecular weight excluding hydrogens is 400 g/mol. The average Bonchev–Trinajstić information content (AvgIpc) is 3.33. The number of anilines is 1. The molecule has 32 heavy (non-hydrogen) atoms. The fraction of sp³-hybridized carbons (Fsp3) is 0.400. The molecule has 1 saturated heterocycles. The standard InChI is InChI=1S/C25H28N6O/c1-18-20-9-5-14-30(16-11-19-7-3-2-4-8-19)24(20)29-23(28-18)22-10-6-15-31(22)25(32)21-17-26-12-13-27-21/h2-4,7-8,12-13,17,22H,5-6,9-11,14-16H2,1H3/t22-/m1/s1. The summed E-state index contributed by atoms with van der Waals surface area (Å²) < 4.78 is 0. The lowest BCUT2D eigenvalue weighted by Gasteiger charge is -2.32. The predicted octanol–water partition coefficient (Wildman–Crippen LogP) is 3.55. The first kappa shape index (κ1) is 20.5. The summed E-state index contributed by atoms with van der Waals surface area (Å²) in [7, 11) is 0. The molecule has 0 bridgehead atoms. The van der Waals surface area contributed by atoms with Crippen LogP contribution in [0.4, 0.5) is 5.82 Å². The second kappa shape index (κ2) is 9.02. The fourth-order valence-electron chi connectivity index (χ4n) is 4.82. The summed E-state index contributed by atoms with van der Waals surface area (Å²) in [5.41, 5.74) is 3.99. The van der Waals surface area contributed by atoms with E-state index in [1.165, 1.54) is 17.3 Å². The smallest absolute Gasteiger partial charge is 0.274 e. The van der Waals surface area contributed by atoms with Gasteiger partial charge in [0.2, 0.25) is 0 Å². The van der Waals surface area contributed by atoms with E-state index in [9.17, 15) is 4.79 Å². The maximum absolute atomic E-state index is 13.1. The molecule has 0 radical (unpaired) electrons. The van der Waals surface area contributed by atoms with Gasteiger partial charge in [-0.3, -0.25) is 9.78 Å². The number of nitrogens with zero attached hydrogens (tertiary/aromatic N) is 6. The van der Waals surface area contributed by atoms with E-state index in [-0.39, 0.29) is 11.9 Å². The fourth-order valence-corrected chi connectivity index (χ4v) is 4.82. The molecule has 1 amide bonds. The molecule has 1 aromatic carbocycles. The molecule has 164 valence electrons. The Hall–Kier alpha value is -3.35. The molecule has 7 nitrogen and oxygen atoms in total. The van der Waals surface area contributed by atoms with E-state index < -0.39 is 0 Å². The third-order valence-electron chi connectivity index (χ3n) is 6.47. The van der Waals surface area contributed by atoms with E-state index in [1.807, 2.05) is 4.90 Å². The summed E-state index contributed by atoms with van der Waals surface area (Å²) in [6, 6.07) is 10.5. The number of aromatic nitrogens is 4. The lowest BCUT2D eigenvalue weighted by molar-refractivity contribution is 0.0723. The third kappa shape index (κ3) is 4.07. The molecule has 1 fully saturated rings. The minimum atomic E-state index is -0.119. The zero-order valence-electron chi connectivity index (χ0n) is 18.4. The molecule has 0 N–H and O–H groups in total. The summed E-state index contributed by atoms with van der Waals surface area (Å²) >= 11 is 0. The molecule has 0 saturated carbocycles. The quantitative estimate of drug-likeness (QED) is 0.619. The SMILES string of the molecule is Cc1nc([C@H]2CCCN2C(=O)c2cnccn2)nc2c1CCCN2CCc1ccccc1. The number of amides is 1. The molecular formula is C25H28N6O. The third-order valence-corrected chi connectivity index (χ3v) is 6.47. The Kier molecular flexibility index (Phi) is 5.79. The Morgan fingerprint density at radius 2 is 1.97 bits per heavy atom. The lowest BCUT2D eigenvalue weighted by atomic mass is 10.0. The van der Waals surface area contributed by atoms with Gasteiger partial charge < -0.3 is 9.80 Å². The van der Waals surface area contributed by atoms with Gasteiger partial charge in [0.1, 0.15) is 11.5 Å². The minimum Gasteiger partial charge on any atom is -0.356 e. The molecule has 1 atom stereocenters. The number of carbonyl (C=O) groups is 1. The highest BCUT2D eigenvalue weighted by Gasteiger charge is 2.34. The van der Waals surface area contributed by atoms with Crippen molar-refractivity contribution in [3.05, 3.63) is 77.3 Å². The number of fused-ring (bicyclic) bond motifs is 1. The van der Waals surface area contributed by atoms with Crippen LogP contribution in [0.2, 0.25) is 0 Å². The highest BCUT2D eigenvalue weighted by molar-refractivity contribution is 5.92. The molecule has 0 unspecified atom stereocenters. The van der Waals surface area contributed by atoms with Crippen LogP contribution in [-0.2, 0) is 12.8 Å². The van der Waals surface area contributed by atoms with Gasteiger partial charge in [0.15, 0.2) is 5.82 Å².